The first-order valence-corrected chi connectivity index (χ1v) is 9.78. The Balaban J connectivity index is 0.00000320. The number of rotatable bonds is 4. The minimum atomic E-state index is -4.70. The lowest BCUT2D eigenvalue weighted by Crippen LogP contribution is -2.47. The normalized spacial score (nSPS) is 18.4. The number of nitrogens with two attached hydrogens (primary N) is 1. The number of benzene rings is 2. The van der Waals surface area contributed by atoms with Gasteiger partial charge in [0.15, 0.2) is 0 Å². The molecule has 30 heavy (non-hydrogen) atoms. The Bertz CT molecular complexity index is 878. The summed E-state index contributed by atoms with van der Waals surface area (Å²) in [5.74, 6) is -0.620. The monoisotopic (exact) mass is 461 g/mol. The summed E-state index contributed by atoms with van der Waals surface area (Å²) in [7, 11) is 1.99. The Kier molecular flexibility index (Phi) is 8.02. The molecule has 0 aromatic heterocycles. The molecule has 1 aliphatic heterocycles. The maximum Gasteiger partial charge on any atom is 0.418 e. The second kappa shape index (κ2) is 9.90. The molecule has 3 N–H and O–H groups in total. The van der Waals surface area contributed by atoms with Gasteiger partial charge in [0.05, 0.1) is 22.3 Å². The SMILES string of the molecule is CN1CCCC[C@@H]1[C@H](NC(=O)c1cc(Cl)c(N)c(C(F)(F)F)c1)c1ccccc1.Cl. The van der Waals surface area contributed by atoms with Gasteiger partial charge in [-0.1, -0.05) is 48.4 Å². The van der Waals surface area contributed by atoms with Crippen LogP contribution in [0.5, 0.6) is 0 Å². The van der Waals surface area contributed by atoms with Gasteiger partial charge in [0.2, 0.25) is 0 Å². The fourth-order valence-corrected chi connectivity index (χ4v) is 4.01. The van der Waals surface area contributed by atoms with Crippen molar-refractivity contribution in [1.29, 1.82) is 0 Å². The zero-order valence-electron chi connectivity index (χ0n) is 16.4. The quantitative estimate of drug-likeness (QED) is 0.605. The molecule has 1 heterocycles. The van der Waals surface area contributed by atoms with Gasteiger partial charge in [-0.2, -0.15) is 13.2 Å². The minimum Gasteiger partial charge on any atom is -0.397 e. The third-order valence-electron chi connectivity index (χ3n) is 5.35. The molecule has 3 rings (SSSR count). The van der Waals surface area contributed by atoms with E-state index in [2.05, 4.69) is 10.2 Å². The number of likely N-dealkylation sites (tertiary alicyclic amines) is 1. The summed E-state index contributed by atoms with van der Waals surface area (Å²) in [5.41, 5.74) is 4.51. The van der Waals surface area contributed by atoms with Crippen LogP contribution in [0.2, 0.25) is 5.02 Å². The van der Waals surface area contributed by atoms with Gasteiger partial charge in [0.1, 0.15) is 0 Å². The molecule has 2 aromatic rings. The first-order chi connectivity index (χ1) is 13.7. The van der Waals surface area contributed by atoms with Gasteiger partial charge < -0.3 is 16.0 Å². The highest BCUT2D eigenvalue weighted by atomic mass is 35.5. The van der Waals surface area contributed by atoms with Crippen molar-refractivity contribution < 1.29 is 18.0 Å². The molecule has 0 aliphatic carbocycles. The highest BCUT2D eigenvalue weighted by molar-refractivity contribution is 6.33. The Morgan fingerprint density at radius 2 is 1.90 bits per heavy atom. The van der Waals surface area contributed by atoms with E-state index in [0.29, 0.717) is 0 Å². The molecule has 9 heteroatoms. The largest absolute Gasteiger partial charge is 0.418 e. The van der Waals surface area contributed by atoms with Gasteiger partial charge in [0.25, 0.3) is 5.91 Å². The Labute approximate surface area is 185 Å². The van der Waals surface area contributed by atoms with Gasteiger partial charge in [-0.3, -0.25) is 4.79 Å². The van der Waals surface area contributed by atoms with Crippen LogP contribution in [0.3, 0.4) is 0 Å². The van der Waals surface area contributed by atoms with Crippen LogP contribution in [-0.2, 0) is 6.18 Å². The molecule has 0 unspecified atom stereocenters. The summed E-state index contributed by atoms with van der Waals surface area (Å²) in [6.07, 6.45) is -1.72. The van der Waals surface area contributed by atoms with Crippen LogP contribution in [0.15, 0.2) is 42.5 Å². The van der Waals surface area contributed by atoms with E-state index in [9.17, 15) is 18.0 Å². The van der Waals surface area contributed by atoms with Crippen LogP contribution >= 0.6 is 24.0 Å². The topological polar surface area (TPSA) is 58.4 Å². The number of piperidine rings is 1. The minimum absolute atomic E-state index is 0. The molecule has 4 nitrogen and oxygen atoms in total. The third kappa shape index (κ3) is 5.39. The molecule has 0 spiro atoms. The van der Waals surface area contributed by atoms with Gasteiger partial charge in [-0.15, -0.1) is 12.4 Å². The zero-order valence-corrected chi connectivity index (χ0v) is 17.9. The van der Waals surface area contributed by atoms with E-state index in [1.54, 1.807) is 0 Å². The predicted molar refractivity (Wildman–Crippen MR) is 115 cm³/mol. The van der Waals surface area contributed by atoms with E-state index >= 15 is 0 Å². The number of carbonyl (C=O) groups is 1. The highest BCUT2D eigenvalue weighted by Crippen LogP contribution is 2.38. The second-order valence-electron chi connectivity index (χ2n) is 7.32. The van der Waals surface area contributed by atoms with Gasteiger partial charge in [0, 0.05) is 11.6 Å². The predicted octanol–water partition coefficient (Wildman–Crippen LogP) is 5.32. The molecule has 1 saturated heterocycles. The first kappa shape index (κ1) is 24.3. The average Bonchev–Trinajstić information content (AvgIpc) is 2.68. The molecule has 2 atom stereocenters. The number of nitrogen functional groups attached to an aromatic ring is 1. The van der Waals surface area contributed by atoms with Crippen molar-refractivity contribution in [2.24, 2.45) is 0 Å². The number of amides is 1. The van der Waals surface area contributed by atoms with Crippen molar-refractivity contribution in [2.45, 2.75) is 37.5 Å². The summed E-state index contributed by atoms with van der Waals surface area (Å²) in [6.45, 7) is 0.899. The second-order valence-corrected chi connectivity index (χ2v) is 7.73. The van der Waals surface area contributed by atoms with Crippen LogP contribution in [0, 0.1) is 0 Å². The molecule has 1 fully saturated rings. The van der Waals surface area contributed by atoms with Crippen LogP contribution < -0.4 is 11.1 Å². The van der Waals surface area contributed by atoms with Crippen LogP contribution in [-0.4, -0.2) is 30.4 Å². The van der Waals surface area contributed by atoms with Gasteiger partial charge in [-0.05, 0) is 44.1 Å². The van der Waals surface area contributed by atoms with Crippen molar-refractivity contribution in [1.82, 2.24) is 10.2 Å². The van der Waals surface area contributed by atoms with E-state index in [4.69, 9.17) is 17.3 Å². The van der Waals surface area contributed by atoms with Crippen molar-refractivity contribution in [3.05, 3.63) is 64.2 Å². The Morgan fingerprint density at radius 3 is 2.50 bits per heavy atom. The van der Waals surface area contributed by atoms with Crippen LogP contribution in [0.25, 0.3) is 0 Å². The number of hydrogen-bond donors (Lipinski definition) is 2. The molecule has 2 aromatic carbocycles. The van der Waals surface area contributed by atoms with Crippen molar-refractivity contribution in [3.63, 3.8) is 0 Å². The number of likely N-dealkylation sites (N-methyl/N-ethyl adjacent to an activating group) is 1. The third-order valence-corrected chi connectivity index (χ3v) is 5.67. The Hall–Kier alpha value is -1.96. The highest BCUT2D eigenvalue weighted by Gasteiger charge is 2.36. The smallest absolute Gasteiger partial charge is 0.397 e. The van der Waals surface area contributed by atoms with Gasteiger partial charge >= 0.3 is 6.18 Å². The maximum absolute atomic E-state index is 13.3. The lowest BCUT2D eigenvalue weighted by Gasteiger charge is -2.38. The molecule has 0 bridgehead atoms. The summed E-state index contributed by atoms with van der Waals surface area (Å²) in [5, 5.41) is 2.63. The van der Waals surface area contributed by atoms with E-state index in [0.717, 1.165) is 37.4 Å². The number of anilines is 1. The first-order valence-electron chi connectivity index (χ1n) is 9.40. The number of nitrogens with one attached hydrogen (secondary N) is 1. The molecule has 0 radical (unpaired) electrons. The van der Waals surface area contributed by atoms with Crippen LogP contribution in [0.1, 0.15) is 46.8 Å². The summed E-state index contributed by atoms with van der Waals surface area (Å²) >= 11 is 5.88. The van der Waals surface area contributed by atoms with E-state index in [-0.39, 0.29) is 35.1 Å². The average molecular weight is 462 g/mol. The zero-order chi connectivity index (χ0) is 21.2. The number of carbonyl (C=O) groups excluding carboxylic acids is 1. The fraction of sp³-hybridized carbons (Fsp3) is 0.381. The number of alkyl halides is 3. The molecule has 1 amide bonds. The fourth-order valence-electron chi connectivity index (χ4n) is 3.79. The molecule has 0 saturated carbocycles. The molecular weight excluding hydrogens is 438 g/mol. The molecular formula is C21H24Cl2F3N3O. The number of halogens is 5. The Morgan fingerprint density at radius 1 is 1.23 bits per heavy atom. The maximum atomic E-state index is 13.3. The van der Waals surface area contributed by atoms with E-state index in [1.807, 2.05) is 37.4 Å². The van der Waals surface area contributed by atoms with E-state index < -0.39 is 23.3 Å². The van der Waals surface area contributed by atoms with Gasteiger partial charge in [-0.25, -0.2) is 0 Å². The van der Waals surface area contributed by atoms with E-state index in [1.165, 1.54) is 6.07 Å². The standard InChI is InChI=1S/C21H23ClF3N3O.ClH/c1-28-10-6-5-9-17(28)19(13-7-3-2-4-8-13)27-20(29)14-11-15(21(23,24)25)18(26)16(22)12-14;/h2-4,7-8,11-12,17,19H,5-6,9-10,26H2,1H3,(H,27,29);1H/t17-,19-;/m1./s1. The van der Waals surface area contributed by atoms with Crippen molar-refractivity contribution in [3.8, 4) is 0 Å². The molecule has 164 valence electrons. The summed E-state index contributed by atoms with van der Waals surface area (Å²) in [6, 6.07) is 11.0. The summed E-state index contributed by atoms with van der Waals surface area (Å²) in [4.78, 5) is 15.1. The molecule has 1 aliphatic rings. The summed E-state index contributed by atoms with van der Waals surface area (Å²) < 4.78 is 39.8. The van der Waals surface area contributed by atoms with Crippen molar-refractivity contribution in [2.75, 3.05) is 19.3 Å². The lowest BCUT2D eigenvalue weighted by molar-refractivity contribution is -0.136. The van der Waals surface area contributed by atoms with Crippen LogP contribution in [0.4, 0.5) is 18.9 Å². The van der Waals surface area contributed by atoms with Crippen molar-refractivity contribution >= 4 is 35.6 Å². The number of nitrogens with zero attached hydrogens (tertiary/aromatic N) is 1. The lowest BCUT2D eigenvalue weighted by atomic mass is 9.91. The number of hydrogen-bond acceptors (Lipinski definition) is 3.